The van der Waals surface area contributed by atoms with Gasteiger partial charge in [-0.05, 0) is 63.5 Å². The fraction of sp³-hybridized carbons (Fsp3) is 0.895. The summed E-state index contributed by atoms with van der Waals surface area (Å²) < 4.78 is 5.67. The van der Waals surface area contributed by atoms with Crippen molar-refractivity contribution in [2.45, 2.75) is 66.4 Å². The molecule has 0 aromatic carbocycles. The molecule has 1 aliphatic rings. The summed E-state index contributed by atoms with van der Waals surface area (Å²) in [5, 5.41) is 0. The van der Waals surface area contributed by atoms with Crippen LogP contribution in [-0.2, 0) is 4.74 Å². The molecule has 0 saturated carbocycles. The smallest absolute Gasteiger partial charge is 0.0596 e. The van der Waals surface area contributed by atoms with Crippen LogP contribution in [0, 0.1) is 17.3 Å². The number of likely N-dealkylation sites (tertiary alicyclic amines) is 1. The Morgan fingerprint density at radius 2 is 1.90 bits per heavy atom. The number of ether oxygens (including phenoxy) is 1. The van der Waals surface area contributed by atoms with Crippen molar-refractivity contribution in [1.82, 2.24) is 4.90 Å². The molecule has 0 N–H and O–H groups in total. The molecule has 0 bridgehead atoms. The highest BCUT2D eigenvalue weighted by molar-refractivity contribution is 4.90. The highest BCUT2D eigenvalue weighted by Crippen LogP contribution is 2.43. The molecule has 124 valence electrons. The van der Waals surface area contributed by atoms with Crippen molar-refractivity contribution in [3.63, 3.8) is 0 Å². The highest BCUT2D eigenvalue weighted by Gasteiger charge is 2.35. The van der Waals surface area contributed by atoms with Crippen LogP contribution in [0.5, 0.6) is 0 Å². The minimum atomic E-state index is 0.353. The van der Waals surface area contributed by atoms with E-state index in [4.69, 9.17) is 4.74 Å². The molecule has 2 heteroatoms. The fourth-order valence-corrected chi connectivity index (χ4v) is 3.69. The predicted octanol–water partition coefficient (Wildman–Crippen LogP) is 4.75. The number of hydrogen-bond donors (Lipinski definition) is 0. The number of rotatable bonds is 9. The lowest BCUT2D eigenvalue weighted by Gasteiger charge is -2.43. The van der Waals surface area contributed by atoms with Crippen LogP contribution < -0.4 is 0 Å². The van der Waals surface area contributed by atoms with E-state index in [1.54, 1.807) is 0 Å². The summed E-state index contributed by atoms with van der Waals surface area (Å²) in [5.41, 5.74) is 0.480. The SMILES string of the molecule is C=CC(C)CC(C)(CC)C1CCN(CCOC(C)C)CC1. The van der Waals surface area contributed by atoms with Gasteiger partial charge in [-0.25, -0.2) is 0 Å². The van der Waals surface area contributed by atoms with Crippen LogP contribution in [0.25, 0.3) is 0 Å². The molecule has 1 heterocycles. The first-order chi connectivity index (χ1) is 9.91. The Hall–Kier alpha value is -0.340. The van der Waals surface area contributed by atoms with E-state index in [2.05, 4.69) is 52.2 Å². The lowest BCUT2D eigenvalue weighted by Crippen LogP contribution is -2.41. The van der Waals surface area contributed by atoms with Crippen LogP contribution in [0.2, 0.25) is 0 Å². The van der Waals surface area contributed by atoms with E-state index < -0.39 is 0 Å². The van der Waals surface area contributed by atoms with E-state index in [0.717, 1.165) is 19.1 Å². The van der Waals surface area contributed by atoms with Crippen LogP contribution in [0.3, 0.4) is 0 Å². The van der Waals surface area contributed by atoms with E-state index in [9.17, 15) is 0 Å². The summed E-state index contributed by atoms with van der Waals surface area (Å²) in [6.45, 7) is 19.8. The van der Waals surface area contributed by atoms with Gasteiger partial charge in [0, 0.05) is 6.54 Å². The third-order valence-corrected chi connectivity index (χ3v) is 5.43. The number of hydrogen-bond acceptors (Lipinski definition) is 2. The molecule has 1 rings (SSSR count). The van der Waals surface area contributed by atoms with Crippen molar-refractivity contribution in [3.05, 3.63) is 12.7 Å². The Balaban J connectivity index is 2.41. The summed E-state index contributed by atoms with van der Waals surface area (Å²) in [6, 6.07) is 0. The average molecular weight is 296 g/mol. The summed E-state index contributed by atoms with van der Waals surface area (Å²) in [7, 11) is 0. The predicted molar refractivity (Wildman–Crippen MR) is 92.6 cm³/mol. The molecule has 0 aliphatic carbocycles. The molecule has 1 fully saturated rings. The zero-order chi connectivity index (χ0) is 15.9. The molecule has 2 unspecified atom stereocenters. The first-order valence-corrected chi connectivity index (χ1v) is 8.87. The normalized spacial score (nSPS) is 22.2. The van der Waals surface area contributed by atoms with Gasteiger partial charge in [-0.1, -0.05) is 33.3 Å². The van der Waals surface area contributed by atoms with E-state index in [1.165, 1.54) is 38.8 Å². The van der Waals surface area contributed by atoms with Crippen LogP contribution >= 0.6 is 0 Å². The Morgan fingerprint density at radius 3 is 2.38 bits per heavy atom. The van der Waals surface area contributed by atoms with Gasteiger partial charge in [-0.2, -0.15) is 0 Å². The van der Waals surface area contributed by atoms with Gasteiger partial charge < -0.3 is 9.64 Å². The Labute approximate surface area is 132 Å². The van der Waals surface area contributed by atoms with E-state index in [0.29, 0.717) is 17.4 Å². The minimum absolute atomic E-state index is 0.353. The van der Waals surface area contributed by atoms with Crippen LogP contribution in [0.4, 0.5) is 0 Å². The quantitative estimate of drug-likeness (QED) is 0.569. The highest BCUT2D eigenvalue weighted by atomic mass is 16.5. The molecule has 1 aliphatic heterocycles. The number of piperidine rings is 1. The largest absolute Gasteiger partial charge is 0.377 e. The lowest BCUT2D eigenvalue weighted by atomic mass is 9.66. The zero-order valence-corrected chi connectivity index (χ0v) is 15.0. The maximum Gasteiger partial charge on any atom is 0.0596 e. The maximum atomic E-state index is 5.67. The van der Waals surface area contributed by atoms with Crippen molar-refractivity contribution in [2.75, 3.05) is 26.2 Å². The standard InChI is InChI=1S/C19H37NO/c1-7-17(5)15-19(6,8-2)18-9-11-20(12-10-18)13-14-21-16(3)4/h7,16-18H,1,8-15H2,2-6H3. The van der Waals surface area contributed by atoms with Crippen molar-refractivity contribution in [2.24, 2.45) is 17.3 Å². The Morgan fingerprint density at radius 1 is 1.29 bits per heavy atom. The molecule has 21 heavy (non-hydrogen) atoms. The summed E-state index contributed by atoms with van der Waals surface area (Å²) in [6.07, 6.45) is 7.73. The summed E-state index contributed by atoms with van der Waals surface area (Å²) >= 11 is 0. The van der Waals surface area contributed by atoms with Crippen LogP contribution in [0.15, 0.2) is 12.7 Å². The van der Waals surface area contributed by atoms with Gasteiger partial charge in [0.15, 0.2) is 0 Å². The molecule has 0 aromatic rings. The second-order valence-electron chi connectivity index (χ2n) is 7.46. The van der Waals surface area contributed by atoms with Crippen molar-refractivity contribution >= 4 is 0 Å². The van der Waals surface area contributed by atoms with Crippen molar-refractivity contribution in [3.8, 4) is 0 Å². The average Bonchev–Trinajstić information content (AvgIpc) is 2.47. The second-order valence-corrected chi connectivity index (χ2v) is 7.46. The van der Waals surface area contributed by atoms with Gasteiger partial charge in [0.1, 0.15) is 0 Å². The summed E-state index contributed by atoms with van der Waals surface area (Å²) in [4.78, 5) is 2.58. The first kappa shape index (κ1) is 18.7. The Kier molecular flexibility index (Phi) is 7.97. The van der Waals surface area contributed by atoms with Crippen molar-refractivity contribution < 1.29 is 4.74 Å². The minimum Gasteiger partial charge on any atom is -0.377 e. The Bertz CT molecular complexity index is 294. The first-order valence-electron chi connectivity index (χ1n) is 8.87. The molecule has 0 radical (unpaired) electrons. The van der Waals surface area contributed by atoms with E-state index >= 15 is 0 Å². The monoisotopic (exact) mass is 295 g/mol. The molecule has 0 amide bonds. The maximum absolute atomic E-state index is 5.67. The van der Waals surface area contributed by atoms with Crippen LogP contribution in [0.1, 0.15) is 60.3 Å². The third-order valence-electron chi connectivity index (χ3n) is 5.43. The van der Waals surface area contributed by atoms with Crippen molar-refractivity contribution in [1.29, 1.82) is 0 Å². The third kappa shape index (κ3) is 6.12. The van der Waals surface area contributed by atoms with Gasteiger partial charge in [-0.15, -0.1) is 6.58 Å². The van der Waals surface area contributed by atoms with Gasteiger partial charge in [-0.3, -0.25) is 0 Å². The van der Waals surface area contributed by atoms with Gasteiger partial charge >= 0.3 is 0 Å². The molecular formula is C19H37NO. The van der Waals surface area contributed by atoms with E-state index in [-0.39, 0.29) is 0 Å². The molecular weight excluding hydrogens is 258 g/mol. The molecule has 1 saturated heterocycles. The topological polar surface area (TPSA) is 12.5 Å². The van der Waals surface area contributed by atoms with Gasteiger partial charge in [0.2, 0.25) is 0 Å². The fourth-order valence-electron chi connectivity index (χ4n) is 3.69. The molecule has 2 nitrogen and oxygen atoms in total. The zero-order valence-electron chi connectivity index (χ0n) is 15.0. The second kappa shape index (κ2) is 8.95. The van der Waals surface area contributed by atoms with Gasteiger partial charge in [0.25, 0.3) is 0 Å². The summed E-state index contributed by atoms with van der Waals surface area (Å²) in [5.74, 6) is 1.50. The van der Waals surface area contributed by atoms with Gasteiger partial charge in [0.05, 0.1) is 12.7 Å². The number of allylic oxidation sites excluding steroid dienone is 1. The molecule has 0 spiro atoms. The van der Waals surface area contributed by atoms with E-state index in [1.807, 2.05) is 0 Å². The molecule has 2 atom stereocenters. The lowest BCUT2D eigenvalue weighted by molar-refractivity contribution is 0.0319. The molecule has 0 aromatic heterocycles. The number of nitrogens with zero attached hydrogens (tertiary/aromatic N) is 1. The van der Waals surface area contributed by atoms with Crippen LogP contribution in [-0.4, -0.2) is 37.2 Å².